The first-order valence-electron chi connectivity index (χ1n) is 17.5. The van der Waals surface area contributed by atoms with Gasteiger partial charge in [0.25, 0.3) is 0 Å². The molecule has 3 N–H and O–H groups in total. The van der Waals surface area contributed by atoms with E-state index in [0.29, 0.717) is 6.42 Å². The minimum atomic E-state index is -0.354. The van der Waals surface area contributed by atoms with Gasteiger partial charge in [-0.2, -0.15) is 5.10 Å². The zero-order valence-corrected chi connectivity index (χ0v) is 31.3. The minimum Gasteiger partial charge on any atom is -0.355 e. The summed E-state index contributed by atoms with van der Waals surface area (Å²) in [5.41, 5.74) is 12.0. The van der Waals surface area contributed by atoms with Crippen molar-refractivity contribution in [1.82, 2.24) is 29.8 Å². The molecule has 9 nitrogen and oxygen atoms in total. The highest BCUT2D eigenvalue weighted by Crippen LogP contribution is 2.28. The fourth-order valence-corrected chi connectivity index (χ4v) is 5.81. The SMILES string of the molecule is C=C(/C=C1/N=C(N(C)/C=C\C(C)(C)c2cccc(C)c2)C=C(N2CCNCC2)N1C)c1cc(C)n(CC)n1.CC(=O)[C@H](N)Cc1ccccc1. The number of likely N-dealkylation sites (N-methyl/N-ethyl adjacent to an activating group) is 1. The topological polar surface area (TPSA) is 95.0 Å². The van der Waals surface area contributed by atoms with Crippen LogP contribution in [0.15, 0.2) is 108 Å². The second-order valence-electron chi connectivity index (χ2n) is 13.7. The van der Waals surface area contributed by atoms with E-state index in [-0.39, 0.29) is 17.2 Å². The van der Waals surface area contributed by atoms with Crippen molar-refractivity contribution in [2.75, 3.05) is 40.3 Å². The Hall–Kier alpha value is -4.73. The molecule has 50 heavy (non-hydrogen) atoms. The number of ketones is 1. The summed E-state index contributed by atoms with van der Waals surface area (Å²) >= 11 is 0. The predicted octanol–water partition coefficient (Wildman–Crippen LogP) is 6.03. The average Bonchev–Trinajstić information content (AvgIpc) is 3.49. The summed E-state index contributed by atoms with van der Waals surface area (Å²) in [6.07, 6.45) is 9.26. The average molecular weight is 677 g/mol. The number of nitrogens with two attached hydrogens (primary N) is 1. The van der Waals surface area contributed by atoms with E-state index in [4.69, 9.17) is 15.8 Å². The van der Waals surface area contributed by atoms with Gasteiger partial charge in [-0.25, -0.2) is 4.99 Å². The summed E-state index contributed by atoms with van der Waals surface area (Å²) in [6, 6.07) is 20.2. The maximum atomic E-state index is 10.8. The number of benzene rings is 2. The second kappa shape index (κ2) is 17.3. The summed E-state index contributed by atoms with van der Waals surface area (Å²) in [7, 11) is 4.15. The first-order chi connectivity index (χ1) is 23.8. The number of Topliss-reactive ketones (excluding diaryl/α,β-unsaturated/α-hetero) is 1. The monoisotopic (exact) mass is 676 g/mol. The van der Waals surface area contributed by atoms with Crippen LogP contribution in [0.25, 0.3) is 5.57 Å². The number of amidine groups is 1. The van der Waals surface area contributed by atoms with Crippen LogP contribution in [0.4, 0.5) is 0 Å². The molecular weight excluding hydrogens is 621 g/mol. The van der Waals surface area contributed by atoms with E-state index in [2.05, 4.69) is 124 Å². The smallest absolute Gasteiger partial charge is 0.146 e. The third-order valence-corrected chi connectivity index (χ3v) is 9.19. The van der Waals surface area contributed by atoms with Gasteiger partial charge in [-0.1, -0.05) is 86.7 Å². The minimum absolute atomic E-state index is 0.0406. The Morgan fingerprint density at radius 3 is 2.42 bits per heavy atom. The van der Waals surface area contributed by atoms with E-state index < -0.39 is 0 Å². The Kier molecular flexibility index (Phi) is 13.2. The Labute approximate surface area is 299 Å². The van der Waals surface area contributed by atoms with E-state index in [1.807, 2.05) is 41.1 Å². The molecular formula is C41H56N8O. The van der Waals surface area contributed by atoms with E-state index in [1.54, 1.807) is 0 Å². The van der Waals surface area contributed by atoms with Gasteiger partial charge in [0.15, 0.2) is 0 Å². The Bertz CT molecular complexity index is 1740. The standard InChI is InChI=1S/C31H43N7.C10H13NO/c1-9-38-25(4)21-27(34-38)24(3)20-29-33-28(22-30(36(29)8)37-17-14-32-15-18-37)35(7)16-13-31(5,6)26-12-10-11-23(2)19-26;1-8(12)10(11)7-9-5-3-2-4-6-9/h10-13,16,19-22,32H,3,9,14-15,17-18H2,1-2,4-8H3;2-6,10H,7,11H2,1H3/b16-13-,29-20-;/t;10-/m.1/s1. The highest BCUT2D eigenvalue weighted by Gasteiger charge is 2.25. The van der Waals surface area contributed by atoms with Crippen LogP contribution in [-0.2, 0) is 23.2 Å². The number of hydrogen-bond donors (Lipinski definition) is 2. The van der Waals surface area contributed by atoms with Crippen molar-refractivity contribution in [3.05, 3.63) is 131 Å². The third kappa shape index (κ3) is 10.2. The van der Waals surface area contributed by atoms with Gasteiger partial charge in [-0.15, -0.1) is 0 Å². The number of carbonyl (C=O) groups is 1. The Morgan fingerprint density at radius 2 is 1.80 bits per heavy atom. The molecule has 0 saturated carbocycles. The highest BCUT2D eigenvalue weighted by atomic mass is 16.1. The van der Waals surface area contributed by atoms with Crippen LogP contribution in [0.3, 0.4) is 0 Å². The van der Waals surface area contributed by atoms with Gasteiger partial charge >= 0.3 is 0 Å². The van der Waals surface area contributed by atoms with Gasteiger partial charge in [0, 0.05) is 70.2 Å². The van der Waals surface area contributed by atoms with Crippen molar-refractivity contribution in [1.29, 1.82) is 0 Å². The number of aliphatic imine (C=N–C) groups is 1. The molecule has 3 heterocycles. The van der Waals surface area contributed by atoms with Crippen molar-refractivity contribution in [2.45, 2.75) is 66.0 Å². The number of nitrogens with one attached hydrogen (secondary N) is 1. The molecule has 1 atom stereocenters. The summed E-state index contributed by atoms with van der Waals surface area (Å²) in [4.78, 5) is 22.6. The molecule has 1 saturated heterocycles. The number of hydrogen-bond acceptors (Lipinski definition) is 8. The molecule has 2 aliphatic heterocycles. The summed E-state index contributed by atoms with van der Waals surface area (Å²) < 4.78 is 2.00. The number of piperazine rings is 1. The lowest BCUT2D eigenvalue weighted by atomic mass is 9.84. The molecule has 0 aliphatic carbocycles. The Morgan fingerprint density at radius 1 is 1.10 bits per heavy atom. The van der Waals surface area contributed by atoms with Crippen LogP contribution in [0.2, 0.25) is 0 Å². The van der Waals surface area contributed by atoms with Crippen LogP contribution in [0.5, 0.6) is 0 Å². The maximum absolute atomic E-state index is 10.8. The van der Waals surface area contributed by atoms with Crippen molar-refractivity contribution < 1.29 is 4.79 Å². The Balaban J connectivity index is 0.000000396. The van der Waals surface area contributed by atoms with Crippen molar-refractivity contribution >= 4 is 17.2 Å². The molecule has 0 radical (unpaired) electrons. The molecule has 1 aromatic heterocycles. The zero-order chi connectivity index (χ0) is 36.4. The molecule has 9 heteroatoms. The van der Waals surface area contributed by atoms with E-state index in [0.717, 1.165) is 72.7 Å². The van der Waals surface area contributed by atoms with Gasteiger partial charge in [-0.3, -0.25) is 9.48 Å². The number of carbonyl (C=O) groups excluding carboxylic acids is 1. The van der Waals surface area contributed by atoms with Crippen LogP contribution in [0.1, 0.15) is 55.8 Å². The summed E-state index contributed by atoms with van der Waals surface area (Å²) in [5, 5.41) is 8.18. The number of aromatic nitrogens is 2. The van der Waals surface area contributed by atoms with Crippen LogP contribution in [-0.4, -0.2) is 82.4 Å². The number of rotatable bonds is 10. The fraction of sp³-hybridized carbons (Fsp3) is 0.390. The van der Waals surface area contributed by atoms with Gasteiger partial charge in [0.05, 0.1) is 11.7 Å². The van der Waals surface area contributed by atoms with E-state index in [9.17, 15) is 4.79 Å². The lowest BCUT2D eigenvalue weighted by Crippen LogP contribution is -2.47. The van der Waals surface area contributed by atoms with Gasteiger partial charge < -0.3 is 25.8 Å². The van der Waals surface area contributed by atoms with Gasteiger partial charge in [-0.05, 0) is 63.0 Å². The molecule has 0 spiro atoms. The first kappa shape index (κ1) is 38.1. The first-order valence-corrected chi connectivity index (χ1v) is 17.5. The summed E-state index contributed by atoms with van der Waals surface area (Å²) in [5.74, 6) is 2.92. The molecule has 0 bridgehead atoms. The maximum Gasteiger partial charge on any atom is 0.146 e. The normalized spacial score (nSPS) is 16.5. The number of allylic oxidation sites excluding steroid dienone is 3. The lowest BCUT2D eigenvalue weighted by molar-refractivity contribution is -0.118. The molecule has 266 valence electrons. The fourth-order valence-electron chi connectivity index (χ4n) is 5.81. The number of aryl methyl sites for hydroxylation is 3. The highest BCUT2D eigenvalue weighted by molar-refractivity contribution is 5.95. The van der Waals surface area contributed by atoms with Crippen molar-refractivity contribution in [3.63, 3.8) is 0 Å². The largest absolute Gasteiger partial charge is 0.355 e. The molecule has 2 aromatic carbocycles. The molecule has 0 amide bonds. The van der Waals surface area contributed by atoms with Crippen molar-refractivity contribution in [2.24, 2.45) is 10.7 Å². The van der Waals surface area contributed by atoms with Crippen LogP contribution >= 0.6 is 0 Å². The van der Waals surface area contributed by atoms with Gasteiger partial charge in [0.1, 0.15) is 23.3 Å². The quantitative estimate of drug-likeness (QED) is 0.271. The van der Waals surface area contributed by atoms with E-state index in [1.165, 1.54) is 18.1 Å². The predicted molar refractivity (Wildman–Crippen MR) is 207 cm³/mol. The summed E-state index contributed by atoms with van der Waals surface area (Å²) in [6.45, 7) is 21.4. The molecule has 0 unspecified atom stereocenters. The molecule has 5 rings (SSSR count). The lowest BCUT2D eigenvalue weighted by Gasteiger charge is -2.39. The third-order valence-electron chi connectivity index (χ3n) is 9.19. The van der Waals surface area contributed by atoms with Gasteiger partial charge in [0.2, 0.25) is 0 Å². The molecule has 2 aliphatic rings. The second-order valence-corrected chi connectivity index (χ2v) is 13.7. The van der Waals surface area contributed by atoms with Crippen LogP contribution < -0.4 is 11.1 Å². The molecule has 1 fully saturated rings. The zero-order valence-electron chi connectivity index (χ0n) is 31.3. The number of nitrogens with zero attached hydrogens (tertiary/aromatic N) is 6. The van der Waals surface area contributed by atoms with E-state index >= 15 is 0 Å². The van der Waals surface area contributed by atoms with Crippen LogP contribution in [0, 0.1) is 13.8 Å². The van der Waals surface area contributed by atoms with Crippen molar-refractivity contribution in [3.8, 4) is 0 Å². The molecule has 3 aromatic rings.